The summed E-state index contributed by atoms with van der Waals surface area (Å²) in [4.78, 5) is 10.5. The van der Waals surface area contributed by atoms with Crippen molar-refractivity contribution in [1.82, 2.24) is 14.3 Å². The van der Waals surface area contributed by atoms with Crippen LogP contribution in [0.15, 0.2) is 59.9 Å². The number of H-pyrrole nitrogens is 1. The van der Waals surface area contributed by atoms with Crippen LogP contribution in [0.25, 0.3) is 0 Å². The number of aromatic nitrogens is 2. The molecule has 2 aromatic carbocycles. The highest BCUT2D eigenvalue weighted by Gasteiger charge is 2.62. The molecular formula is C31H38N4O2S. The fraction of sp³-hybridized carbons (Fsp3) is 0.516. The third-order valence-electron chi connectivity index (χ3n) is 9.65. The average Bonchev–Trinajstić information content (AvgIpc) is 3.57. The third kappa shape index (κ3) is 3.92. The zero-order chi connectivity index (χ0) is 26.3. The SMILES string of the molecule is CC(C)(C)c1ccc(S(=O)(=O)N2Cc3c(C4CC4)cccc3N(Cc3cnc[nH]3)C(C34CC(C3)C4)C2)cc1. The predicted molar refractivity (Wildman–Crippen MR) is 149 cm³/mol. The smallest absolute Gasteiger partial charge is 0.243 e. The van der Waals surface area contributed by atoms with Gasteiger partial charge in [-0.25, -0.2) is 13.4 Å². The van der Waals surface area contributed by atoms with Crippen LogP contribution in [-0.2, 0) is 28.5 Å². The van der Waals surface area contributed by atoms with E-state index in [9.17, 15) is 8.42 Å². The molecule has 4 saturated carbocycles. The van der Waals surface area contributed by atoms with Gasteiger partial charge >= 0.3 is 0 Å². The molecule has 1 unspecified atom stereocenters. The number of anilines is 1. The first-order valence-corrected chi connectivity index (χ1v) is 15.5. The summed E-state index contributed by atoms with van der Waals surface area (Å²) in [5.41, 5.74) is 6.12. The van der Waals surface area contributed by atoms with Crippen LogP contribution in [0.1, 0.15) is 81.2 Å². The summed E-state index contributed by atoms with van der Waals surface area (Å²) in [7, 11) is -3.67. The molecule has 0 saturated heterocycles. The fourth-order valence-electron chi connectivity index (χ4n) is 7.20. The van der Waals surface area contributed by atoms with Crippen LogP contribution >= 0.6 is 0 Å². The van der Waals surface area contributed by atoms with Crippen molar-refractivity contribution in [1.29, 1.82) is 0 Å². The molecule has 1 atom stereocenters. The van der Waals surface area contributed by atoms with Gasteiger partial charge in [0.1, 0.15) is 0 Å². The molecule has 2 bridgehead atoms. The minimum Gasteiger partial charge on any atom is -0.361 e. The third-order valence-corrected chi connectivity index (χ3v) is 11.5. The Morgan fingerprint density at radius 2 is 1.79 bits per heavy atom. The van der Waals surface area contributed by atoms with E-state index in [0.29, 0.717) is 30.4 Å². The zero-order valence-corrected chi connectivity index (χ0v) is 23.5. The van der Waals surface area contributed by atoms with Gasteiger partial charge in [0, 0.05) is 31.0 Å². The molecule has 1 aromatic heterocycles. The Balaban J connectivity index is 1.33. The Labute approximate surface area is 226 Å². The molecule has 4 aliphatic carbocycles. The zero-order valence-electron chi connectivity index (χ0n) is 22.7. The first-order valence-electron chi connectivity index (χ1n) is 14.1. The lowest BCUT2D eigenvalue weighted by Gasteiger charge is -2.67. The molecule has 1 N–H and O–H groups in total. The summed E-state index contributed by atoms with van der Waals surface area (Å²) >= 11 is 0. The molecule has 1 aliphatic heterocycles. The maximum atomic E-state index is 14.3. The largest absolute Gasteiger partial charge is 0.361 e. The second-order valence-corrected chi connectivity index (χ2v) is 15.2. The van der Waals surface area contributed by atoms with Crippen LogP contribution in [0.5, 0.6) is 0 Å². The number of imidazole rings is 1. The van der Waals surface area contributed by atoms with Crippen molar-refractivity contribution >= 4 is 15.7 Å². The molecule has 0 radical (unpaired) electrons. The van der Waals surface area contributed by atoms with Crippen LogP contribution in [0.2, 0.25) is 0 Å². The van der Waals surface area contributed by atoms with Crippen molar-refractivity contribution in [3.8, 4) is 0 Å². The van der Waals surface area contributed by atoms with Crippen LogP contribution < -0.4 is 4.90 Å². The van der Waals surface area contributed by atoms with Crippen molar-refractivity contribution in [2.45, 2.75) is 88.2 Å². The van der Waals surface area contributed by atoms with E-state index in [0.717, 1.165) is 17.2 Å². The number of benzene rings is 2. The molecule has 0 spiro atoms. The van der Waals surface area contributed by atoms with Crippen LogP contribution in [0.3, 0.4) is 0 Å². The van der Waals surface area contributed by atoms with E-state index in [2.05, 4.69) is 53.8 Å². The number of nitrogens with one attached hydrogen (secondary N) is 1. The molecule has 200 valence electrons. The van der Waals surface area contributed by atoms with Crippen molar-refractivity contribution < 1.29 is 8.42 Å². The van der Waals surface area contributed by atoms with Gasteiger partial charge in [-0.2, -0.15) is 4.31 Å². The van der Waals surface area contributed by atoms with Crippen molar-refractivity contribution in [3.63, 3.8) is 0 Å². The number of fused-ring (bicyclic) bond motifs is 1. The molecule has 38 heavy (non-hydrogen) atoms. The van der Waals surface area contributed by atoms with Crippen molar-refractivity contribution in [2.24, 2.45) is 11.3 Å². The summed E-state index contributed by atoms with van der Waals surface area (Å²) < 4.78 is 30.4. The van der Waals surface area contributed by atoms with E-state index in [1.54, 1.807) is 6.33 Å². The molecule has 7 heteroatoms. The molecule has 4 fully saturated rings. The summed E-state index contributed by atoms with van der Waals surface area (Å²) in [6, 6.07) is 14.4. The van der Waals surface area contributed by atoms with Gasteiger partial charge in [0.2, 0.25) is 10.0 Å². The predicted octanol–water partition coefficient (Wildman–Crippen LogP) is 5.96. The number of hydrogen-bond acceptors (Lipinski definition) is 4. The second kappa shape index (κ2) is 8.43. The van der Waals surface area contributed by atoms with Gasteiger partial charge in [-0.3, -0.25) is 0 Å². The van der Waals surface area contributed by atoms with E-state index in [4.69, 9.17) is 0 Å². The highest BCUT2D eigenvalue weighted by Crippen LogP contribution is 2.68. The highest BCUT2D eigenvalue weighted by atomic mass is 32.2. The Morgan fingerprint density at radius 1 is 1.05 bits per heavy atom. The Bertz CT molecular complexity index is 1440. The van der Waals surface area contributed by atoms with Crippen LogP contribution in [0.4, 0.5) is 5.69 Å². The first-order chi connectivity index (χ1) is 18.1. The lowest BCUT2D eigenvalue weighted by molar-refractivity contribution is -0.128. The summed E-state index contributed by atoms with van der Waals surface area (Å²) in [6.45, 7) is 8.13. The highest BCUT2D eigenvalue weighted by molar-refractivity contribution is 7.89. The van der Waals surface area contributed by atoms with Gasteiger partial charge in [-0.1, -0.05) is 45.0 Å². The minimum absolute atomic E-state index is 0.0224. The molecule has 2 heterocycles. The Morgan fingerprint density at radius 3 is 2.37 bits per heavy atom. The van der Waals surface area contributed by atoms with Crippen LogP contribution in [0, 0.1) is 11.3 Å². The van der Waals surface area contributed by atoms with E-state index in [-0.39, 0.29) is 16.9 Å². The van der Waals surface area contributed by atoms with Crippen molar-refractivity contribution in [3.05, 3.63) is 77.4 Å². The van der Waals surface area contributed by atoms with Crippen molar-refractivity contribution in [2.75, 3.05) is 11.4 Å². The Kier molecular flexibility index (Phi) is 5.41. The molecule has 5 aliphatic rings. The monoisotopic (exact) mass is 530 g/mol. The Hall–Kier alpha value is -2.64. The lowest BCUT2D eigenvalue weighted by atomic mass is 9.41. The van der Waals surface area contributed by atoms with Gasteiger partial charge in [0.05, 0.1) is 23.5 Å². The molecular weight excluding hydrogens is 492 g/mol. The minimum atomic E-state index is -3.67. The molecule has 6 nitrogen and oxygen atoms in total. The number of rotatable bonds is 6. The van der Waals surface area contributed by atoms with E-state index >= 15 is 0 Å². The summed E-state index contributed by atoms with van der Waals surface area (Å²) in [5, 5.41) is 0. The summed E-state index contributed by atoms with van der Waals surface area (Å²) in [5.74, 6) is 1.36. The number of sulfonamides is 1. The van der Waals surface area contributed by atoms with Gasteiger partial charge in [-0.15, -0.1) is 0 Å². The molecule has 3 aromatic rings. The molecule has 0 amide bonds. The quantitative estimate of drug-likeness (QED) is 0.427. The van der Waals surface area contributed by atoms with Gasteiger partial charge in [0.15, 0.2) is 0 Å². The van der Waals surface area contributed by atoms with Gasteiger partial charge in [0.25, 0.3) is 0 Å². The number of hydrogen-bond donors (Lipinski definition) is 1. The molecule has 8 rings (SSSR count). The standard InChI is InChI=1S/C31H38N4O2S/c1-30(2,3)23-9-11-25(12-10-23)38(36,37)34-18-27-26(22-7-8-22)5-4-6-28(27)35(17-24-16-32-20-33-24)29(19-34)31-13-21(14-31)15-31/h4-6,9-12,16,20-22,29H,7-8,13-15,17-19H2,1-3H3,(H,32,33). The number of nitrogens with zero attached hydrogens (tertiary/aromatic N) is 3. The van der Waals surface area contributed by atoms with Gasteiger partial charge < -0.3 is 9.88 Å². The van der Waals surface area contributed by atoms with E-state index < -0.39 is 10.0 Å². The summed E-state index contributed by atoms with van der Waals surface area (Å²) in [6.07, 6.45) is 9.65. The van der Waals surface area contributed by atoms with E-state index in [1.807, 2.05) is 34.8 Å². The maximum absolute atomic E-state index is 14.3. The average molecular weight is 531 g/mol. The van der Waals surface area contributed by atoms with Crippen LogP contribution in [-0.4, -0.2) is 35.3 Å². The first kappa shape index (κ1) is 24.4. The van der Waals surface area contributed by atoms with E-state index in [1.165, 1.54) is 48.9 Å². The maximum Gasteiger partial charge on any atom is 0.243 e. The second-order valence-electron chi connectivity index (χ2n) is 13.3. The topological polar surface area (TPSA) is 69.3 Å². The fourth-order valence-corrected chi connectivity index (χ4v) is 8.61. The normalized spacial score (nSPS) is 27.3. The number of aromatic amines is 1. The van der Waals surface area contributed by atoms with Gasteiger partial charge in [-0.05, 0) is 89.7 Å². The lowest BCUT2D eigenvalue weighted by Crippen LogP contribution is -2.66.